The summed E-state index contributed by atoms with van der Waals surface area (Å²) in [6.45, 7) is 7.91. The average molecular weight is 269 g/mol. The lowest BCUT2D eigenvalue weighted by Gasteiger charge is -2.30. The molecule has 5 nitrogen and oxygen atoms in total. The van der Waals surface area contributed by atoms with Crippen LogP contribution in [0.2, 0.25) is 0 Å². The van der Waals surface area contributed by atoms with E-state index in [1.807, 2.05) is 13.8 Å². The smallest absolute Gasteiger partial charge is 0.407 e. The summed E-state index contributed by atoms with van der Waals surface area (Å²) in [5.41, 5.74) is -0.600. The van der Waals surface area contributed by atoms with Gasteiger partial charge in [0.1, 0.15) is 13.2 Å². The number of amides is 1. The molecule has 1 heterocycles. The van der Waals surface area contributed by atoms with Crippen LogP contribution < -0.4 is 5.32 Å². The summed E-state index contributed by atoms with van der Waals surface area (Å²) in [4.78, 5) is 23.7. The zero-order valence-corrected chi connectivity index (χ0v) is 11.7. The van der Waals surface area contributed by atoms with Crippen molar-refractivity contribution in [2.24, 2.45) is 5.41 Å². The van der Waals surface area contributed by atoms with E-state index in [-0.39, 0.29) is 25.2 Å². The van der Waals surface area contributed by atoms with Gasteiger partial charge in [-0.05, 0) is 12.8 Å². The number of esters is 1. The van der Waals surface area contributed by atoms with Crippen LogP contribution in [0.3, 0.4) is 0 Å². The quantitative estimate of drug-likeness (QED) is 0.569. The molecule has 1 N–H and O–H groups in total. The maximum absolute atomic E-state index is 12.1. The highest BCUT2D eigenvalue weighted by atomic mass is 16.6. The fourth-order valence-electron chi connectivity index (χ4n) is 2.67. The van der Waals surface area contributed by atoms with Gasteiger partial charge in [0.15, 0.2) is 0 Å². The summed E-state index contributed by atoms with van der Waals surface area (Å²) >= 11 is 0. The number of hydrogen-bond donors (Lipinski definition) is 1. The molecule has 1 aliphatic heterocycles. The maximum Gasteiger partial charge on any atom is 0.407 e. The molecule has 0 unspecified atom stereocenters. The van der Waals surface area contributed by atoms with Crippen molar-refractivity contribution < 1.29 is 19.1 Å². The van der Waals surface area contributed by atoms with Crippen molar-refractivity contribution in [1.29, 1.82) is 0 Å². The van der Waals surface area contributed by atoms with Crippen LogP contribution in [0.15, 0.2) is 12.7 Å². The maximum atomic E-state index is 12.1. The first-order valence-corrected chi connectivity index (χ1v) is 6.82. The molecule has 0 bridgehead atoms. The third-order valence-electron chi connectivity index (χ3n) is 3.47. The van der Waals surface area contributed by atoms with Crippen LogP contribution in [0.4, 0.5) is 4.79 Å². The summed E-state index contributed by atoms with van der Waals surface area (Å²) in [6, 6.07) is -0.308. The topological polar surface area (TPSA) is 64.6 Å². The Morgan fingerprint density at radius 3 is 2.68 bits per heavy atom. The van der Waals surface area contributed by atoms with Crippen LogP contribution in [0.5, 0.6) is 0 Å². The second-order valence-electron chi connectivity index (χ2n) is 4.84. The molecule has 0 radical (unpaired) electrons. The molecular formula is C14H23NO4. The Balaban J connectivity index is 2.76. The standard InChI is InChI=1S/C14H23NO4/c1-4-7-14(8-5-2)11(10-19-12(14)16)15-13(17)18-9-6-3/h6,11H,3-5,7-10H2,1-2H3,(H,15,17)/t11-/m1/s1. The molecule has 108 valence electrons. The summed E-state index contributed by atoms with van der Waals surface area (Å²) in [5, 5.41) is 2.75. The van der Waals surface area contributed by atoms with Gasteiger partial charge in [0.25, 0.3) is 0 Å². The van der Waals surface area contributed by atoms with Gasteiger partial charge in [-0.1, -0.05) is 39.3 Å². The number of nitrogens with one attached hydrogen (secondary N) is 1. The number of ether oxygens (including phenoxy) is 2. The highest BCUT2D eigenvalue weighted by Gasteiger charge is 2.51. The fourth-order valence-corrected chi connectivity index (χ4v) is 2.67. The van der Waals surface area contributed by atoms with Gasteiger partial charge in [0.2, 0.25) is 0 Å². The van der Waals surface area contributed by atoms with Gasteiger partial charge in [-0.3, -0.25) is 4.79 Å². The van der Waals surface area contributed by atoms with Crippen LogP contribution in [-0.4, -0.2) is 31.3 Å². The largest absolute Gasteiger partial charge is 0.463 e. The van der Waals surface area contributed by atoms with E-state index in [4.69, 9.17) is 9.47 Å². The van der Waals surface area contributed by atoms with Gasteiger partial charge in [-0.2, -0.15) is 0 Å². The Morgan fingerprint density at radius 1 is 1.53 bits per heavy atom. The van der Waals surface area contributed by atoms with Gasteiger partial charge >= 0.3 is 12.1 Å². The van der Waals surface area contributed by atoms with Crippen molar-refractivity contribution in [3.8, 4) is 0 Å². The summed E-state index contributed by atoms with van der Waals surface area (Å²) in [6.07, 6.45) is 4.14. The van der Waals surface area contributed by atoms with Crippen LogP contribution in [0.25, 0.3) is 0 Å². The number of alkyl carbamates (subject to hydrolysis) is 1. The molecule has 0 aromatic carbocycles. The molecule has 0 spiro atoms. The van der Waals surface area contributed by atoms with Crippen molar-refractivity contribution in [3.63, 3.8) is 0 Å². The van der Waals surface area contributed by atoms with Crippen LogP contribution in [-0.2, 0) is 14.3 Å². The van der Waals surface area contributed by atoms with E-state index in [2.05, 4.69) is 11.9 Å². The minimum Gasteiger partial charge on any atom is -0.463 e. The predicted octanol–water partition coefficient (Wildman–Crippen LogP) is 2.41. The molecule has 0 aliphatic carbocycles. The normalized spacial score (nSPS) is 20.7. The van der Waals surface area contributed by atoms with Crippen molar-refractivity contribution in [3.05, 3.63) is 12.7 Å². The predicted molar refractivity (Wildman–Crippen MR) is 71.7 cm³/mol. The second-order valence-corrected chi connectivity index (χ2v) is 4.84. The molecule has 5 heteroatoms. The molecule has 1 fully saturated rings. The number of rotatable bonds is 7. The summed E-state index contributed by atoms with van der Waals surface area (Å²) in [7, 11) is 0. The van der Waals surface area contributed by atoms with Crippen LogP contribution >= 0.6 is 0 Å². The molecule has 1 amide bonds. The lowest BCUT2D eigenvalue weighted by molar-refractivity contribution is -0.147. The fraction of sp³-hybridized carbons (Fsp3) is 0.714. The molecule has 0 saturated carbocycles. The van der Waals surface area contributed by atoms with Gasteiger partial charge in [0, 0.05) is 0 Å². The summed E-state index contributed by atoms with van der Waals surface area (Å²) < 4.78 is 10.1. The number of carbonyl (C=O) groups is 2. The van der Waals surface area contributed by atoms with E-state index in [0.717, 1.165) is 12.8 Å². The van der Waals surface area contributed by atoms with Gasteiger partial charge in [0.05, 0.1) is 11.5 Å². The van der Waals surface area contributed by atoms with E-state index >= 15 is 0 Å². The van der Waals surface area contributed by atoms with Gasteiger partial charge in [-0.25, -0.2) is 4.79 Å². The van der Waals surface area contributed by atoms with Crippen molar-refractivity contribution in [1.82, 2.24) is 5.32 Å². The number of hydrogen-bond acceptors (Lipinski definition) is 4. The Bertz CT molecular complexity index is 334. The summed E-state index contributed by atoms with van der Waals surface area (Å²) in [5.74, 6) is -0.203. The Morgan fingerprint density at radius 2 is 2.16 bits per heavy atom. The molecule has 1 aliphatic rings. The molecule has 19 heavy (non-hydrogen) atoms. The minimum absolute atomic E-state index is 0.155. The highest BCUT2D eigenvalue weighted by molar-refractivity contribution is 5.81. The van der Waals surface area contributed by atoms with E-state index < -0.39 is 11.5 Å². The second kappa shape index (κ2) is 7.16. The Hall–Kier alpha value is -1.52. The zero-order valence-electron chi connectivity index (χ0n) is 11.7. The first kappa shape index (κ1) is 15.5. The van der Waals surface area contributed by atoms with E-state index in [0.29, 0.717) is 12.8 Å². The third kappa shape index (κ3) is 3.49. The van der Waals surface area contributed by atoms with Gasteiger partial charge in [-0.15, -0.1) is 0 Å². The van der Waals surface area contributed by atoms with Crippen molar-refractivity contribution >= 4 is 12.1 Å². The number of cyclic esters (lactones) is 1. The minimum atomic E-state index is -0.600. The van der Waals surface area contributed by atoms with E-state index in [1.54, 1.807) is 0 Å². The van der Waals surface area contributed by atoms with Crippen LogP contribution in [0, 0.1) is 5.41 Å². The third-order valence-corrected chi connectivity index (χ3v) is 3.47. The highest BCUT2D eigenvalue weighted by Crippen LogP contribution is 2.39. The monoisotopic (exact) mass is 269 g/mol. The first-order valence-electron chi connectivity index (χ1n) is 6.82. The molecule has 1 atom stereocenters. The average Bonchev–Trinajstić information content (AvgIpc) is 2.67. The zero-order chi connectivity index (χ0) is 14.3. The molecule has 0 aromatic rings. The lowest BCUT2D eigenvalue weighted by atomic mass is 9.75. The molecule has 1 saturated heterocycles. The Kier molecular flexibility index (Phi) is 5.86. The first-order chi connectivity index (χ1) is 9.10. The Labute approximate surface area is 114 Å². The molecule has 0 aromatic heterocycles. The number of carbonyl (C=O) groups excluding carboxylic acids is 2. The van der Waals surface area contributed by atoms with Crippen LogP contribution in [0.1, 0.15) is 39.5 Å². The lowest BCUT2D eigenvalue weighted by Crippen LogP contribution is -2.48. The molecular weight excluding hydrogens is 246 g/mol. The van der Waals surface area contributed by atoms with Gasteiger partial charge < -0.3 is 14.8 Å². The van der Waals surface area contributed by atoms with Crippen molar-refractivity contribution in [2.75, 3.05) is 13.2 Å². The van der Waals surface area contributed by atoms with E-state index in [1.165, 1.54) is 6.08 Å². The van der Waals surface area contributed by atoms with E-state index in [9.17, 15) is 9.59 Å². The molecule has 1 rings (SSSR count). The van der Waals surface area contributed by atoms with Crippen molar-refractivity contribution in [2.45, 2.75) is 45.6 Å². The SMILES string of the molecule is C=CCOC(=O)N[C@@H]1COC(=O)C1(CCC)CCC.